The zero-order chi connectivity index (χ0) is 29.4. The second-order valence-electron chi connectivity index (χ2n) is 11.5. The molecule has 0 fully saturated rings. The van der Waals surface area contributed by atoms with Gasteiger partial charge in [0.2, 0.25) is 0 Å². The summed E-state index contributed by atoms with van der Waals surface area (Å²) in [6.45, 7) is 14.8. The molecule has 5 rings (SSSR count). The number of hydrogen-bond donors (Lipinski definition) is 0. The molecular weight excluding hydrogens is 498 g/mol. The lowest BCUT2D eigenvalue weighted by Crippen LogP contribution is -2.16. The molecule has 0 N–H and O–H groups in total. The van der Waals surface area contributed by atoms with Crippen molar-refractivity contribution in [3.63, 3.8) is 0 Å². The van der Waals surface area contributed by atoms with E-state index in [2.05, 4.69) is 126 Å². The Balaban J connectivity index is 1.52. The van der Waals surface area contributed by atoms with E-state index in [0.29, 0.717) is 5.56 Å². The Morgan fingerprint density at radius 2 is 1.17 bits per heavy atom. The number of aryl methyl sites for hydroxylation is 6. The van der Waals surface area contributed by atoms with Crippen LogP contribution < -0.4 is 4.90 Å². The van der Waals surface area contributed by atoms with Crippen LogP contribution in [0.2, 0.25) is 0 Å². The van der Waals surface area contributed by atoms with Gasteiger partial charge in [0.05, 0.1) is 0 Å². The minimum Gasteiger partial charge on any atom is -0.344 e. The predicted molar refractivity (Wildman–Crippen MR) is 175 cm³/mol. The number of ketones is 1. The van der Waals surface area contributed by atoms with E-state index in [0.717, 1.165) is 39.2 Å². The normalized spacial score (nSPS) is 11.0. The van der Waals surface area contributed by atoms with Crippen molar-refractivity contribution in [2.24, 2.45) is 0 Å². The summed E-state index contributed by atoms with van der Waals surface area (Å²) in [6, 6.07) is 31.9. The Kier molecular flexibility index (Phi) is 7.69. The zero-order valence-corrected chi connectivity index (χ0v) is 25.5. The molecule has 0 spiro atoms. The van der Waals surface area contributed by atoms with Crippen LogP contribution in [-0.2, 0) is 0 Å². The zero-order valence-electron chi connectivity index (χ0n) is 25.5. The fraction of sp³-hybridized carbons (Fsp3) is 0.205. The molecule has 0 bridgehead atoms. The molecule has 0 atom stereocenters. The standard InChI is InChI=1S/C39H39NO/c1-24-19-25(2)21-34(20-24)31-15-17-35(18-16-31)40(8)38-29(6)22-28(5)37(30(38)7)39(41)33-14-10-13-32(23-33)36-26(3)11-9-12-27(36)4/h9-23H,1-8H3. The third-order valence-corrected chi connectivity index (χ3v) is 8.20. The van der Waals surface area contributed by atoms with E-state index in [9.17, 15) is 4.79 Å². The Morgan fingerprint density at radius 1 is 0.561 bits per heavy atom. The molecule has 0 heterocycles. The van der Waals surface area contributed by atoms with Gasteiger partial charge in [-0.25, -0.2) is 0 Å². The molecule has 206 valence electrons. The number of nitrogens with zero attached hydrogens (tertiary/aromatic N) is 1. The second-order valence-corrected chi connectivity index (χ2v) is 11.5. The highest BCUT2D eigenvalue weighted by atomic mass is 16.1. The smallest absolute Gasteiger partial charge is 0.193 e. The highest BCUT2D eigenvalue weighted by molar-refractivity contribution is 6.12. The molecule has 0 saturated carbocycles. The average Bonchev–Trinajstić information content (AvgIpc) is 2.92. The molecule has 5 aromatic carbocycles. The van der Waals surface area contributed by atoms with E-state index < -0.39 is 0 Å². The van der Waals surface area contributed by atoms with E-state index >= 15 is 0 Å². The number of rotatable bonds is 6. The molecule has 0 aliphatic carbocycles. The molecule has 0 radical (unpaired) electrons. The van der Waals surface area contributed by atoms with E-state index in [4.69, 9.17) is 0 Å². The Bertz CT molecular complexity index is 1730. The summed E-state index contributed by atoms with van der Waals surface area (Å²) in [6.07, 6.45) is 0. The van der Waals surface area contributed by atoms with Gasteiger partial charge in [-0.1, -0.05) is 83.9 Å². The predicted octanol–water partition coefficient (Wildman–Crippen LogP) is 10.2. The van der Waals surface area contributed by atoms with Gasteiger partial charge in [-0.05, 0) is 117 Å². The number of hydrogen-bond acceptors (Lipinski definition) is 2. The molecule has 0 aliphatic heterocycles. The summed E-state index contributed by atoms with van der Waals surface area (Å²) in [5.74, 6) is 0.0629. The first kappa shape index (κ1) is 28.1. The van der Waals surface area contributed by atoms with E-state index in [1.54, 1.807) is 0 Å². The molecule has 0 saturated heterocycles. The monoisotopic (exact) mass is 537 g/mol. The molecule has 0 aliphatic rings. The largest absolute Gasteiger partial charge is 0.344 e. The third-order valence-electron chi connectivity index (χ3n) is 8.20. The molecule has 0 amide bonds. The van der Waals surface area contributed by atoms with Crippen molar-refractivity contribution >= 4 is 17.2 Å². The van der Waals surface area contributed by atoms with Crippen LogP contribution in [0.25, 0.3) is 22.3 Å². The first-order chi connectivity index (χ1) is 19.5. The highest BCUT2D eigenvalue weighted by Gasteiger charge is 2.22. The van der Waals surface area contributed by atoms with Gasteiger partial charge in [0.25, 0.3) is 0 Å². The SMILES string of the molecule is Cc1cc(C)cc(-c2ccc(N(C)c3c(C)cc(C)c(C(=O)c4cccc(-c5c(C)cccc5C)c4)c3C)cc2)c1. The van der Waals surface area contributed by atoms with Crippen molar-refractivity contribution < 1.29 is 4.79 Å². The van der Waals surface area contributed by atoms with Crippen LogP contribution in [0.5, 0.6) is 0 Å². The first-order valence-corrected chi connectivity index (χ1v) is 14.3. The molecule has 41 heavy (non-hydrogen) atoms. The minimum absolute atomic E-state index is 0.0629. The van der Waals surface area contributed by atoms with Gasteiger partial charge in [-0.15, -0.1) is 0 Å². The maximum absolute atomic E-state index is 14.1. The van der Waals surface area contributed by atoms with Crippen LogP contribution >= 0.6 is 0 Å². The van der Waals surface area contributed by atoms with Gasteiger partial charge in [0.15, 0.2) is 5.78 Å². The van der Waals surface area contributed by atoms with Crippen LogP contribution in [0.3, 0.4) is 0 Å². The van der Waals surface area contributed by atoms with Crippen molar-refractivity contribution in [3.05, 3.63) is 141 Å². The van der Waals surface area contributed by atoms with Gasteiger partial charge in [-0.2, -0.15) is 0 Å². The first-order valence-electron chi connectivity index (χ1n) is 14.3. The lowest BCUT2D eigenvalue weighted by molar-refractivity contribution is 0.103. The Labute approximate surface area is 245 Å². The number of carbonyl (C=O) groups is 1. The van der Waals surface area contributed by atoms with Gasteiger partial charge in [0, 0.05) is 29.5 Å². The van der Waals surface area contributed by atoms with Crippen molar-refractivity contribution in [3.8, 4) is 22.3 Å². The van der Waals surface area contributed by atoms with Gasteiger partial charge >= 0.3 is 0 Å². The Hall–Kier alpha value is -4.43. The fourth-order valence-corrected chi connectivity index (χ4v) is 6.42. The molecule has 5 aromatic rings. The second kappa shape index (κ2) is 11.2. The summed E-state index contributed by atoms with van der Waals surface area (Å²) in [5.41, 5.74) is 16.5. The lowest BCUT2D eigenvalue weighted by Gasteiger charge is -2.26. The van der Waals surface area contributed by atoms with E-state index in [-0.39, 0.29) is 5.78 Å². The molecule has 0 aromatic heterocycles. The third kappa shape index (κ3) is 5.47. The summed E-state index contributed by atoms with van der Waals surface area (Å²) < 4.78 is 0. The number of carbonyl (C=O) groups excluding carboxylic acids is 1. The van der Waals surface area contributed by atoms with Crippen LogP contribution in [0.15, 0.2) is 91.0 Å². The topological polar surface area (TPSA) is 20.3 Å². The van der Waals surface area contributed by atoms with E-state index in [1.165, 1.54) is 38.9 Å². The molecule has 2 heteroatoms. The van der Waals surface area contributed by atoms with Crippen molar-refractivity contribution in [1.29, 1.82) is 0 Å². The summed E-state index contributed by atoms with van der Waals surface area (Å²) in [4.78, 5) is 16.3. The number of anilines is 2. The number of benzene rings is 5. The average molecular weight is 538 g/mol. The Morgan fingerprint density at radius 3 is 1.80 bits per heavy atom. The molecule has 2 nitrogen and oxygen atoms in total. The van der Waals surface area contributed by atoms with Gasteiger partial charge < -0.3 is 4.90 Å². The molecular formula is C39H39NO. The fourth-order valence-electron chi connectivity index (χ4n) is 6.42. The van der Waals surface area contributed by atoms with Gasteiger partial charge in [0.1, 0.15) is 0 Å². The molecule has 0 unspecified atom stereocenters. The van der Waals surface area contributed by atoms with Crippen molar-refractivity contribution in [2.45, 2.75) is 48.5 Å². The van der Waals surface area contributed by atoms with Crippen LogP contribution in [-0.4, -0.2) is 12.8 Å². The van der Waals surface area contributed by atoms with Crippen LogP contribution in [0, 0.1) is 48.5 Å². The summed E-state index contributed by atoms with van der Waals surface area (Å²) in [5, 5.41) is 0. The summed E-state index contributed by atoms with van der Waals surface area (Å²) in [7, 11) is 2.09. The summed E-state index contributed by atoms with van der Waals surface area (Å²) >= 11 is 0. The van der Waals surface area contributed by atoms with Crippen LogP contribution in [0.4, 0.5) is 11.4 Å². The van der Waals surface area contributed by atoms with Gasteiger partial charge in [-0.3, -0.25) is 4.79 Å². The maximum Gasteiger partial charge on any atom is 0.193 e. The minimum atomic E-state index is 0.0629. The maximum atomic E-state index is 14.1. The van der Waals surface area contributed by atoms with Crippen molar-refractivity contribution in [1.82, 2.24) is 0 Å². The lowest BCUT2D eigenvalue weighted by atomic mass is 9.89. The van der Waals surface area contributed by atoms with E-state index in [1.807, 2.05) is 25.1 Å². The van der Waals surface area contributed by atoms with Crippen LogP contribution in [0.1, 0.15) is 54.9 Å². The quantitative estimate of drug-likeness (QED) is 0.201. The van der Waals surface area contributed by atoms with Crippen molar-refractivity contribution in [2.75, 3.05) is 11.9 Å². The highest BCUT2D eigenvalue weighted by Crippen LogP contribution is 2.36.